The van der Waals surface area contributed by atoms with Crippen LogP contribution in [0.15, 0.2) is 0 Å². The molecule has 1 fully saturated rings. The van der Waals surface area contributed by atoms with Crippen molar-refractivity contribution in [1.29, 1.82) is 0 Å². The number of carbonyl (C=O) groups excluding carboxylic acids is 1. The molecule has 1 rings (SSSR count). The van der Waals surface area contributed by atoms with Crippen molar-refractivity contribution in [3.05, 3.63) is 0 Å². The van der Waals surface area contributed by atoms with Gasteiger partial charge in [-0.15, -0.1) is 0 Å². The predicted molar refractivity (Wildman–Crippen MR) is 70.7 cm³/mol. The van der Waals surface area contributed by atoms with E-state index in [-0.39, 0.29) is 5.91 Å². The molecule has 1 aliphatic rings. The number of carbonyl (C=O) groups is 1. The summed E-state index contributed by atoms with van der Waals surface area (Å²) in [5.41, 5.74) is 5.11. The average molecular weight is 241 g/mol. The fraction of sp³-hybridized carbons (Fsp3) is 0.923. The van der Waals surface area contributed by atoms with Crippen LogP contribution < -0.4 is 11.1 Å². The Morgan fingerprint density at radius 2 is 2.00 bits per heavy atom. The average Bonchev–Trinajstić information content (AvgIpc) is 2.82. The van der Waals surface area contributed by atoms with Crippen LogP contribution in [-0.2, 0) is 4.79 Å². The SMILES string of the molecule is CN(CCNC(=O)C(C)(C)CN)C1CCCC1. The van der Waals surface area contributed by atoms with Crippen LogP contribution in [0.3, 0.4) is 0 Å². The number of nitrogens with zero attached hydrogens (tertiary/aromatic N) is 1. The second-order valence-corrected chi connectivity index (χ2v) is 5.76. The molecule has 0 unspecified atom stereocenters. The van der Waals surface area contributed by atoms with Gasteiger partial charge in [0.05, 0.1) is 5.41 Å². The van der Waals surface area contributed by atoms with Crippen LogP contribution in [-0.4, -0.2) is 43.5 Å². The van der Waals surface area contributed by atoms with E-state index in [1.54, 1.807) is 0 Å². The lowest BCUT2D eigenvalue weighted by Crippen LogP contribution is -2.45. The van der Waals surface area contributed by atoms with Crippen molar-refractivity contribution in [3.63, 3.8) is 0 Å². The van der Waals surface area contributed by atoms with Crippen LogP contribution in [0.1, 0.15) is 39.5 Å². The first-order valence-electron chi connectivity index (χ1n) is 6.66. The third-order valence-corrected chi connectivity index (χ3v) is 3.82. The predicted octanol–water partition coefficient (Wildman–Crippen LogP) is 0.962. The third kappa shape index (κ3) is 4.28. The molecule has 3 N–H and O–H groups in total. The van der Waals surface area contributed by atoms with Crippen LogP contribution in [0.5, 0.6) is 0 Å². The second-order valence-electron chi connectivity index (χ2n) is 5.76. The number of amides is 1. The molecule has 4 nitrogen and oxygen atoms in total. The second kappa shape index (κ2) is 6.36. The highest BCUT2D eigenvalue weighted by atomic mass is 16.2. The van der Waals surface area contributed by atoms with Crippen LogP contribution in [0.4, 0.5) is 0 Å². The van der Waals surface area contributed by atoms with Crippen LogP contribution >= 0.6 is 0 Å². The smallest absolute Gasteiger partial charge is 0.226 e. The first-order chi connectivity index (χ1) is 7.97. The highest BCUT2D eigenvalue weighted by molar-refractivity contribution is 5.81. The van der Waals surface area contributed by atoms with Gasteiger partial charge in [0.15, 0.2) is 0 Å². The Labute approximate surface area is 105 Å². The maximum absolute atomic E-state index is 11.8. The van der Waals surface area contributed by atoms with Gasteiger partial charge < -0.3 is 16.0 Å². The Balaban J connectivity index is 2.21. The first kappa shape index (κ1) is 14.5. The van der Waals surface area contributed by atoms with Crippen LogP contribution in [0, 0.1) is 5.41 Å². The number of hydrogen-bond donors (Lipinski definition) is 2. The van der Waals surface area contributed by atoms with E-state index in [0.29, 0.717) is 6.54 Å². The van der Waals surface area contributed by atoms with E-state index in [1.165, 1.54) is 25.7 Å². The Bertz CT molecular complexity index is 247. The molecule has 0 atom stereocenters. The Morgan fingerprint density at radius 1 is 1.41 bits per heavy atom. The summed E-state index contributed by atoms with van der Waals surface area (Å²) in [4.78, 5) is 14.2. The lowest BCUT2D eigenvalue weighted by Gasteiger charge is -2.26. The van der Waals surface area contributed by atoms with Crippen molar-refractivity contribution in [2.75, 3.05) is 26.7 Å². The quantitative estimate of drug-likeness (QED) is 0.728. The van der Waals surface area contributed by atoms with Gasteiger partial charge in [-0.2, -0.15) is 0 Å². The zero-order valence-electron chi connectivity index (χ0n) is 11.5. The van der Waals surface area contributed by atoms with Crippen molar-refractivity contribution in [1.82, 2.24) is 10.2 Å². The van der Waals surface area contributed by atoms with E-state index in [9.17, 15) is 4.79 Å². The largest absolute Gasteiger partial charge is 0.354 e. The van der Waals surface area contributed by atoms with E-state index in [4.69, 9.17) is 5.73 Å². The van der Waals surface area contributed by atoms with Crippen molar-refractivity contribution in [3.8, 4) is 0 Å². The molecule has 0 heterocycles. The molecule has 0 spiro atoms. The molecule has 1 aliphatic carbocycles. The lowest BCUT2D eigenvalue weighted by molar-refractivity contribution is -0.128. The minimum atomic E-state index is -0.452. The molecule has 1 amide bonds. The van der Waals surface area contributed by atoms with Gasteiger partial charge in [-0.3, -0.25) is 4.79 Å². The van der Waals surface area contributed by atoms with Crippen molar-refractivity contribution in [2.45, 2.75) is 45.6 Å². The minimum absolute atomic E-state index is 0.0554. The van der Waals surface area contributed by atoms with Crippen molar-refractivity contribution >= 4 is 5.91 Å². The van der Waals surface area contributed by atoms with E-state index in [1.807, 2.05) is 13.8 Å². The summed E-state index contributed by atoms with van der Waals surface area (Å²) in [5, 5.41) is 2.97. The minimum Gasteiger partial charge on any atom is -0.354 e. The zero-order valence-corrected chi connectivity index (χ0v) is 11.5. The summed E-state index contributed by atoms with van der Waals surface area (Å²) >= 11 is 0. The Morgan fingerprint density at radius 3 is 2.53 bits per heavy atom. The Hall–Kier alpha value is -0.610. The van der Waals surface area contributed by atoms with Crippen molar-refractivity contribution < 1.29 is 4.79 Å². The molecule has 0 aliphatic heterocycles. The molecular weight excluding hydrogens is 214 g/mol. The molecular formula is C13H27N3O. The summed E-state index contributed by atoms with van der Waals surface area (Å²) < 4.78 is 0. The topological polar surface area (TPSA) is 58.4 Å². The summed E-state index contributed by atoms with van der Waals surface area (Å²) in [6.07, 6.45) is 5.31. The van der Waals surface area contributed by atoms with Gasteiger partial charge in [0, 0.05) is 25.7 Å². The fourth-order valence-corrected chi connectivity index (χ4v) is 2.21. The van der Waals surface area contributed by atoms with E-state index >= 15 is 0 Å². The van der Waals surface area contributed by atoms with Crippen molar-refractivity contribution in [2.24, 2.45) is 11.1 Å². The molecule has 0 radical (unpaired) electrons. The number of rotatable bonds is 6. The third-order valence-electron chi connectivity index (χ3n) is 3.82. The molecule has 0 aromatic heterocycles. The first-order valence-corrected chi connectivity index (χ1v) is 6.66. The lowest BCUT2D eigenvalue weighted by atomic mass is 9.93. The fourth-order valence-electron chi connectivity index (χ4n) is 2.21. The molecule has 4 heteroatoms. The molecule has 0 aromatic rings. The summed E-state index contributed by atoms with van der Waals surface area (Å²) in [6.45, 7) is 5.79. The number of hydrogen-bond acceptors (Lipinski definition) is 3. The molecule has 17 heavy (non-hydrogen) atoms. The van der Waals surface area contributed by atoms with Gasteiger partial charge in [0.2, 0.25) is 5.91 Å². The monoisotopic (exact) mass is 241 g/mol. The summed E-state index contributed by atoms with van der Waals surface area (Å²) in [6, 6.07) is 0.717. The maximum Gasteiger partial charge on any atom is 0.226 e. The van der Waals surface area contributed by atoms with Gasteiger partial charge in [0.25, 0.3) is 0 Å². The van der Waals surface area contributed by atoms with Gasteiger partial charge >= 0.3 is 0 Å². The van der Waals surface area contributed by atoms with E-state index in [0.717, 1.165) is 19.1 Å². The molecule has 0 bridgehead atoms. The van der Waals surface area contributed by atoms with Gasteiger partial charge in [-0.1, -0.05) is 12.8 Å². The normalized spacial score (nSPS) is 17.7. The highest BCUT2D eigenvalue weighted by Gasteiger charge is 2.25. The van der Waals surface area contributed by atoms with Gasteiger partial charge in [-0.05, 0) is 33.7 Å². The highest BCUT2D eigenvalue weighted by Crippen LogP contribution is 2.21. The molecule has 0 aromatic carbocycles. The standard InChI is InChI=1S/C13H27N3O/c1-13(2,10-14)12(17)15-8-9-16(3)11-6-4-5-7-11/h11H,4-10,14H2,1-3H3,(H,15,17). The molecule has 0 saturated heterocycles. The van der Waals surface area contributed by atoms with Gasteiger partial charge in [0.1, 0.15) is 0 Å². The number of likely N-dealkylation sites (N-methyl/N-ethyl adjacent to an activating group) is 1. The van der Waals surface area contributed by atoms with E-state index < -0.39 is 5.41 Å². The molecule has 100 valence electrons. The summed E-state index contributed by atoms with van der Waals surface area (Å²) in [7, 11) is 2.15. The molecule has 1 saturated carbocycles. The maximum atomic E-state index is 11.8. The van der Waals surface area contributed by atoms with Gasteiger partial charge in [-0.25, -0.2) is 0 Å². The number of nitrogens with two attached hydrogens (primary N) is 1. The zero-order chi connectivity index (χ0) is 12.9. The van der Waals surface area contributed by atoms with Crippen LogP contribution in [0.2, 0.25) is 0 Å². The van der Waals surface area contributed by atoms with E-state index in [2.05, 4.69) is 17.3 Å². The Kier molecular flexibility index (Phi) is 5.40. The van der Waals surface area contributed by atoms with Crippen LogP contribution in [0.25, 0.3) is 0 Å². The number of nitrogens with one attached hydrogen (secondary N) is 1. The summed E-state index contributed by atoms with van der Waals surface area (Å²) in [5.74, 6) is 0.0554.